The van der Waals surface area contributed by atoms with Gasteiger partial charge in [-0.1, -0.05) is 19.3 Å². The van der Waals surface area contributed by atoms with Crippen molar-refractivity contribution < 1.29 is 9.59 Å². The zero-order valence-corrected chi connectivity index (χ0v) is 12.0. The van der Waals surface area contributed by atoms with Crippen LogP contribution in [-0.4, -0.2) is 42.1 Å². The summed E-state index contributed by atoms with van der Waals surface area (Å²) in [6.45, 7) is 2.40. The van der Waals surface area contributed by atoms with E-state index in [0.717, 1.165) is 24.3 Å². The number of amides is 3. The first-order valence-electron chi connectivity index (χ1n) is 6.52. The lowest BCUT2D eigenvalue weighted by atomic mass is 10.2. The molecule has 0 aromatic rings. The van der Waals surface area contributed by atoms with Crippen molar-refractivity contribution in [3.05, 3.63) is 0 Å². The molecule has 2 atom stereocenters. The Kier molecular flexibility index (Phi) is 7.19. The molecule has 0 aromatic heterocycles. The lowest BCUT2D eigenvalue weighted by Crippen LogP contribution is -2.31. The van der Waals surface area contributed by atoms with Gasteiger partial charge in [-0.2, -0.15) is 11.8 Å². The predicted molar refractivity (Wildman–Crippen MR) is 77.9 cm³/mol. The third-order valence-corrected chi connectivity index (χ3v) is 4.05. The van der Waals surface area contributed by atoms with Crippen molar-refractivity contribution in [2.45, 2.75) is 38.3 Å². The molecule has 0 spiro atoms. The molecular formula is C13H21N3O2S. The minimum Gasteiger partial charge on any atom is -0.345 e. The maximum atomic E-state index is 10.8. The summed E-state index contributed by atoms with van der Waals surface area (Å²) < 4.78 is 0. The molecule has 3 N–H and O–H groups in total. The van der Waals surface area contributed by atoms with Gasteiger partial charge in [-0.15, -0.1) is 6.42 Å². The number of unbranched alkanes of at least 4 members (excludes halogenated alkanes) is 1. The summed E-state index contributed by atoms with van der Waals surface area (Å²) in [7, 11) is 0. The standard InChI is InChI=1S/C8H13NO.C5H8N2OS/c1-3-5-6-8(10)9-7-4-2;8-5-6-3-1-9-2-4(3)7-5/h2H,3,5-7H2,1H3,(H,9,10);3-4H,1-2H2,(H2,6,7,8). The molecular weight excluding hydrogens is 262 g/mol. The van der Waals surface area contributed by atoms with Gasteiger partial charge in [-0.3, -0.25) is 4.79 Å². The van der Waals surface area contributed by atoms with E-state index in [4.69, 9.17) is 6.42 Å². The zero-order valence-electron chi connectivity index (χ0n) is 11.2. The van der Waals surface area contributed by atoms with Gasteiger partial charge in [0.15, 0.2) is 0 Å². The molecule has 2 aliphatic rings. The van der Waals surface area contributed by atoms with Gasteiger partial charge in [-0.25, -0.2) is 4.79 Å². The maximum absolute atomic E-state index is 10.8. The van der Waals surface area contributed by atoms with Crippen molar-refractivity contribution in [3.63, 3.8) is 0 Å². The highest BCUT2D eigenvalue weighted by Gasteiger charge is 2.35. The smallest absolute Gasteiger partial charge is 0.315 e. The summed E-state index contributed by atoms with van der Waals surface area (Å²) in [6.07, 6.45) is 7.52. The summed E-state index contributed by atoms with van der Waals surface area (Å²) in [5.41, 5.74) is 0. The van der Waals surface area contributed by atoms with Crippen molar-refractivity contribution in [3.8, 4) is 12.3 Å². The van der Waals surface area contributed by atoms with Crippen LogP contribution in [0.25, 0.3) is 0 Å². The number of carbonyl (C=O) groups is 2. The summed E-state index contributed by atoms with van der Waals surface area (Å²) in [5, 5.41) is 8.28. The molecule has 2 fully saturated rings. The minimum atomic E-state index is 0.00491. The highest BCUT2D eigenvalue weighted by atomic mass is 32.2. The number of nitrogens with one attached hydrogen (secondary N) is 3. The van der Waals surface area contributed by atoms with Gasteiger partial charge in [0.05, 0.1) is 18.6 Å². The number of terminal acetylenes is 1. The highest BCUT2D eigenvalue weighted by molar-refractivity contribution is 7.99. The van der Waals surface area contributed by atoms with Crippen LogP contribution in [0.4, 0.5) is 4.79 Å². The first-order chi connectivity index (χ1) is 9.17. The van der Waals surface area contributed by atoms with E-state index in [1.165, 1.54) is 0 Å². The van der Waals surface area contributed by atoms with Gasteiger partial charge in [0.1, 0.15) is 0 Å². The molecule has 0 aromatic carbocycles. The van der Waals surface area contributed by atoms with Gasteiger partial charge in [0.2, 0.25) is 5.91 Å². The Balaban J connectivity index is 0.000000190. The molecule has 5 nitrogen and oxygen atoms in total. The van der Waals surface area contributed by atoms with Crippen molar-refractivity contribution in [1.82, 2.24) is 16.0 Å². The Morgan fingerprint density at radius 3 is 2.63 bits per heavy atom. The van der Waals surface area contributed by atoms with Crippen molar-refractivity contribution in [2.75, 3.05) is 18.1 Å². The monoisotopic (exact) mass is 283 g/mol. The Bertz CT molecular complexity index is 340. The molecule has 19 heavy (non-hydrogen) atoms. The summed E-state index contributed by atoms with van der Waals surface area (Å²) in [6, 6.07) is 0.815. The number of fused-ring (bicyclic) bond motifs is 1. The highest BCUT2D eigenvalue weighted by Crippen LogP contribution is 2.20. The van der Waals surface area contributed by atoms with Gasteiger partial charge in [-0.05, 0) is 6.42 Å². The second kappa shape index (κ2) is 8.70. The first-order valence-corrected chi connectivity index (χ1v) is 7.67. The van der Waals surface area contributed by atoms with E-state index in [-0.39, 0.29) is 11.9 Å². The Morgan fingerprint density at radius 1 is 1.47 bits per heavy atom. The average molecular weight is 283 g/mol. The number of rotatable bonds is 4. The van der Waals surface area contributed by atoms with E-state index < -0.39 is 0 Å². The molecule has 106 valence electrons. The lowest BCUT2D eigenvalue weighted by Gasteiger charge is -2.02. The molecule has 3 amide bonds. The third kappa shape index (κ3) is 5.88. The van der Waals surface area contributed by atoms with Crippen LogP contribution >= 0.6 is 11.8 Å². The normalized spacial score (nSPS) is 23.3. The van der Waals surface area contributed by atoms with Crippen LogP contribution in [0.3, 0.4) is 0 Å². The number of hydrogen-bond donors (Lipinski definition) is 3. The quantitative estimate of drug-likeness (QED) is 0.526. The Hall–Kier alpha value is -1.35. The topological polar surface area (TPSA) is 70.2 Å². The fraction of sp³-hybridized carbons (Fsp3) is 0.692. The first kappa shape index (κ1) is 15.7. The van der Waals surface area contributed by atoms with Gasteiger partial charge >= 0.3 is 6.03 Å². The summed E-state index contributed by atoms with van der Waals surface area (Å²) in [4.78, 5) is 21.4. The molecule has 2 unspecified atom stereocenters. The molecule has 0 bridgehead atoms. The van der Waals surface area contributed by atoms with E-state index in [1.54, 1.807) is 0 Å². The number of urea groups is 1. The predicted octanol–water partition coefficient (Wildman–Crippen LogP) is 0.709. The average Bonchev–Trinajstić information content (AvgIpc) is 2.94. The lowest BCUT2D eigenvalue weighted by molar-refractivity contribution is -0.120. The summed E-state index contributed by atoms with van der Waals surface area (Å²) in [5.74, 6) is 4.54. The molecule has 6 heteroatoms. The zero-order chi connectivity index (χ0) is 14.1. The van der Waals surface area contributed by atoms with E-state index >= 15 is 0 Å². The molecule has 2 aliphatic heterocycles. The number of hydrogen-bond acceptors (Lipinski definition) is 3. The second-order valence-corrected chi connectivity index (χ2v) is 5.53. The van der Waals surface area contributed by atoms with Crippen molar-refractivity contribution in [1.29, 1.82) is 0 Å². The van der Waals surface area contributed by atoms with Crippen LogP contribution in [0.5, 0.6) is 0 Å². The largest absolute Gasteiger partial charge is 0.345 e. The Labute approximate surface area is 118 Å². The van der Waals surface area contributed by atoms with Gasteiger partial charge < -0.3 is 16.0 Å². The maximum Gasteiger partial charge on any atom is 0.315 e. The second-order valence-electron chi connectivity index (χ2n) is 4.45. The fourth-order valence-electron chi connectivity index (χ4n) is 1.79. The Morgan fingerprint density at radius 2 is 2.11 bits per heavy atom. The van der Waals surface area contributed by atoms with Crippen LogP contribution in [0, 0.1) is 12.3 Å². The molecule has 2 rings (SSSR count). The van der Waals surface area contributed by atoms with E-state index in [9.17, 15) is 9.59 Å². The number of thioether (sulfide) groups is 1. The molecule has 0 aliphatic carbocycles. The summed E-state index contributed by atoms with van der Waals surface area (Å²) >= 11 is 1.89. The van der Waals surface area contributed by atoms with E-state index in [0.29, 0.717) is 25.0 Å². The van der Waals surface area contributed by atoms with Crippen LogP contribution in [-0.2, 0) is 4.79 Å². The molecule has 0 saturated carbocycles. The van der Waals surface area contributed by atoms with Crippen molar-refractivity contribution >= 4 is 23.7 Å². The van der Waals surface area contributed by atoms with Crippen molar-refractivity contribution in [2.24, 2.45) is 0 Å². The molecule has 0 radical (unpaired) electrons. The van der Waals surface area contributed by atoms with Crippen LogP contribution in [0.15, 0.2) is 0 Å². The molecule has 2 heterocycles. The molecule has 2 saturated heterocycles. The fourth-order valence-corrected chi connectivity index (χ4v) is 3.07. The number of carbonyl (C=O) groups excluding carboxylic acids is 2. The van der Waals surface area contributed by atoms with Gasteiger partial charge in [0.25, 0.3) is 0 Å². The van der Waals surface area contributed by atoms with E-state index in [1.807, 2.05) is 11.8 Å². The third-order valence-electron chi connectivity index (χ3n) is 2.86. The SMILES string of the molecule is C#CCNC(=O)CCCC.O=C1NC2CSCC2N1. The van der Waals surface area contributed by atoms with Crippen LogP contribution < -0.4 is 16.0 Å². The van der Waals surface area contributed by atoms with Crippen LogP contribution in [0.1, 0.15) is 26.2 Å². The minimum absolute atomic E-state index is 0.00491. The van der Waals surface area contributed by atoms with Crippen LogP contribution in [0.2, 0.25) is 0 Å². The van der Waals surface area contributed by atoms with E-state index in [2.05, 4.69) is 28.8 Å². The van der Waals surface area contributed by atoms with Gasteiger partial charge in [0, 0.05) is 17.9 Å².